The molecule has 4 heterocycles. The number of methoxy groups -OCH3 is 1. The lowest BCUT2D eigenvalue weighted by molar-refractivity contribution is -0.124. The van der Waals surface area contributed by atoms with E-state index < -0.39 is 0 Å². The molecule has 2 aromatic rings. The molecule has 0 radical (unpaired) electrons. The third-order valence-corrected chi connectivity index (χ3v) is 7.54. The van der Waals surface area contributed by atoms with Crippen LogP contribution in [0.4, 0.5) is 17.2 Å². The summed E-state index contributed by atoms with van der Waals surface area (Å²) in [5.41, 5.74) is 3.32. The molecular formula is C27H36N6O3. The monoisotopic (exact) mass is 492 g/mol. The molecule has 9 nitrogen and oxygen atoms in total. The third kappa shape index (κ3) is 4.97. The van der Waals surface area contributed by atoms with Crippen LogP contribution in [-0.2, 0) is 9.59 Å². The van der Waals surface area contributed by atoms with E-state index >= 15 is 0 Å². The van der Waals surface area contributed by atoms with Gasteiger partial charge in [-0.15, -0.1) is 0 Å². The van der Waals surface area contributed by atoms with Crippen molar-refractivity contribution in [1.29, 1.82) is 0 Å². The topological polar surface area (TPSA) is 81.2 Å². The molecule has 1 unspecified atom stereocenters. The van der Waals surface area contributed by atoms with Crippen LogP contribution in [0.5, 0.6) is 5.75 Å². The normalized spacial score (nSPS) is 19.8. The van der Waals surface area contributed by atoms with Crippen molar-refractivity contribution in [2.45, 2.75) is 32.2 Å². The van der Waals surface area contributed by atoms with E-state index in [4.69, 9.17) is 4.74 Å². The fourth-order valence-corrected chi connectivity index (χ4v) is 5.57. The predicted octanol–water partition coefficient (Wildman–Crippen LogP) is 2.04. The molecule has 3 aliphatic heterocycles. The summed E-state index contributed by atoms with van der Waals surface area (Å²) in [6, 6.07) is 10.0. The van der Waals surface area contributed by atoms with E-state index in [9.17, 15) is 9.59 Å². The summed E-state index contributed by atoms with van der Waals surface area (Å²) >= 11 is 0. The van der Waals surface area contributed by atoms with E-state index in [0.29, 0.717) is 12.4 Å². The molecule has 1 N–H and O–H groups in total. The second-order valence-corrected chi connectivity index (χ2v) is 9.81. The number of amides is 2. The Kier molecular flexibility index (Phi) is 7.27. The van der Waals surface area contributed by atoms with Crippen molar-refractivity contribution < 1.29 is 14.3 Å². The van der Waals surface area contributed by atoms with E-state index in [-0.39, 0.29) is 24.4 Å². The van der Waals surface area contributed by atoms with Gasteiger partial charge >= 0.3 is 0 Å². The number of nitrogens with zero attached hydrogens (tertiary/aromatic N) is 5. The number of rotatable bonds is 8. The van der Waals surface area contributed by atoms with Crippen LogP contribution < -0.4 is 24.8 Å². The van der Waals surface area contributed by atoms with Crippen molar-refractivity contribution in [3.05, 3.63) is 42.1 Å². The SMILES string of the molecule is COc1ccc(N2CCN(CCCNC(=O)CN3C(=O)C4CCCN4c4c(C)ccnc43)CC2)cc1. The maximum atomic E-state index is 13.2. The number of pyridine rings is 1. The van der Waals surface area contributed by atoms with Crippen molar-refractivity contribution in [2.24, 2.45) is 0 Å². The maximum absolute atomic E-state index is 13.2. The molecule has 3 aliphatic rings. The minimum atomic E-state index is -0.176. The minimum Gasteiger partial charge on any atom is -0.497 e. The van der Waals surface area contributed by atoms with Gasteiger partial charge in [-0.2, -0.15) is 0 Å². The summed E-state index contributed by atoms with van der Waals surface area (Å²) in [7, 11) is 1.68. The van der Waals surface area contributed by atoms with Gasteiger partial charge in [0.15, 0.2) is 5.82 Å². The zero-order valence-electron chi connectivity index (χ0n) is 21.3. The van der Waals surface area contributed by atoms with Crippen molar-refractivity contribution in [3.63, 3.8) is 0 Å². The molecule has 2 fully saturated rings. The largest absolute Gasteiger partial charge is 0.497 e. The summed E-state index contributed by atoms with van der Waals surface area (Å²) in [5.74, 6) is 1.35. The van der Waals surface area contributed by atoms with Crippen molar-refractivity contribution in [3.8, 4) is 5.75 Å². The molecule has 5 rings (SSSR count). The maximum Gasteiger partial charge on any atom is 0.251 e. The molecule has 1 atom stereocenters. The van der Waals surface area contributed by atoms with Gasteiger partial charge in [0.1, 0.15) is 18.3 Å². The van der Waals surface area contributed by atoms with Gasteiger partial charge < -0.3 is 19.9 Å². The molecule has 9 heteroatoms. The molecule has 192 valence electrons. The van der Waals surface area contributed by atoms with Crippen LogP contribution in [0.1, 0.15) is 24.8 Å². The lowest BCUT2D eigenvalue weighted by Crippen LogP contribution is -2.54. The molecule has 0 spiro atoms. The number of hydrogen-bond acceptors (Lipinski definition) is 7. The second kappa shape index (κ2) is 10.7. The summed E-state index contributed by atoms with van der Waals surface area (Å²) in [4.78, 5) is 39.0. The molecule has 1 aromatic carbocycles. The lowest BCUT2D eigenvalue weighted by atomic mass is 10.1. The first-order valence-electron chi connectivity index (χ1n) is 13.0. The first-order chi connectivity index (χ1) is 17.5. The van der Waals surface area contributed by atoms with E-state index in [1.165, 1.54) is 5.69 Å². The van der Waals surface area contributed by atoms with Crippen LogP contribution in [0.2, 0.25) is 0 Å². The first-order valence-corrected chi connectivity index (χ1v) is 13.0. The number of piperazine rings is 1. The number of anilines is 3. The van der Waals surface area contributed by atoms with Crippen molar-refractivity contribution in [2.75, 3.05) is 74.2 Å². The number of hydrogen-bond donors (Lipinski definition) is 1. The van der Waals surface area contributed by atoms with Crippen LogP contribution in [0.3, 0.4) is 0 Å². The van der Waals surface area contributed by atoms with Gasteiger partial charge in [0.25, 0.3) is 5.91 Å². The molecule has 0 saturated carbocycles. The van der Waals surface area contributed by atoms with E-state index in [2.05, 4.69) is 37.1 Å². The first kappa shape index (κ1) is 24.4. The highest BCUT2D eigenvalue weighted by molar-refractivity contribution is 6.08. The van der Waals surface area contributed by atoms with Crippen LogP contribution in [0.25, 0.3) is 0 Å². The van der Waals surface area contributed by atoms with Gasteiger partial charge in [0.2, 0.25) is 5.91 Å². The summed E-state index contributed by atoms with van der Waals surface area (Å²) in [6.45, 7) is 8.45. The number of ether oxygens (including phenoxy) is 1. The Balaban J connectivity index is 1.07. The van der Waals surface area contributed by atoms with Crippen LogP contribution in [0, 0.1) is 6.92 Å². The number of nitrogens with one attached hydrogen (secondary N) is 1. The van der Waals surface area contributed by atoms with Crippen molar-refractivity contribution >= 4 is 29.0 Å². The molecule has 2 amide bonds. The van der Waals surface area contributed by atoms with Crippen LogP contribution in [0.15, 0.2) is 36.5 Å². The van der Waals surface area contributed by atoms with Crippen LogP contribution in [-0.4, -0.2) is 87.2 Å². The van der Waals surface area contributed by atoms with Gasteiger partial charge in [-0.3, -0.25) is 19.4 Å². The van der Waals surface area contributed by atoms with Gasteiger partial charge in [-0.1, -0.05) is 0 Å². The van der Waals surface area contributed by atoms with Gasteiger partial charge in [0.05, 0.1) is 12.8 Å². The van der Waals surface area contributed by atoms with Crippen molar-refractivity contribution in [1.82, 2.24) is 15.2 Å². The quantitative estimate of drug-likeness (QED) is 0.565. The number of aryl methyl sites for hydroxylation is 1. The Hall–Kier alpha value is -3.33. The van der Waals surface area contributed by atoms with Gasteiger partial charge in [-0.25, -0.2) is 4.98 Å². The highest BCUT2D eigenvalue weighted by Gasteiger charge is 2.42. The Morgan fingerprint density at radius 3 is 2.64 bits per heavy atom. The summed E-state index contributed by atoms with van der Waals surface area (Å²) < 4.78 is 5.25. The smallest absolute Gasteiger partial charge is 0.251 e. The molecule has 0 bridgehead atoms. The second-order valence-electron chi connectivity index (χ2n) is 9.81. The molecule has 2 saturated heterocycles. The zero-order valence-corrected chi connectivity index (χ0v) is 21.3. The van der Waals surface area contributed by atoms with E-state index in [0.717, 1.165) is 75.5 Å². The molecule has 36 heavy (non-hydrogen) atoms. The number of fused-ring (bicyclic) bond motifs is 3. The lowest BCUT2D eigenvalue weighted by Gasteiger charge is -2.39. The molecule has 1 aromatic heterocycles. The van der Waals surface area contributed by atoms with Crippen LogP contribution >= 0.6 is 0 Å². The number of benzene rings is 1. The number of carbonyl (C=O) groups is 2. The zero-order chi connectivity index (χ0) is 25.1. The highest BCUT2D eigenvalue weighted by Crippen LogP contribution is 2.40. The Morgan fingerprint density at radius 1 is 1.11 bits per heavy atom. The summed E-state index contributed by atoms with van der Waals surface area (Å²) in [5, 5.41) is 3.02. The fraction of sp³-hybridized carbons (Fsp3) is 0.519. The van der Waals surface area contributed by atoms with Gasteiger partial charge in [0, 0.05) is 51.2 Å². The Bertz CT molecular complexity index is 1080. The standard InChI is InChI=1S/C27H36N6O3/c1-20-10-12-29-26-25(20)32-14-3-5-23(32)27(35)33(26)19-24(34)28-11-4-13-30-15-17-31(18-16-30)21-6-8-22(36-2)9-7-21/h6-10,12,23H,3-5,11,13-19H2,1-2H3,(H,28,34). The third-order valence-electron chi connectivity index (χ3n) is 7.54. The number of carbonyl (C=O) groups excluding carboxylic acids is 2. The average Bonchev–Trinajstić information content (AvgIpc) is 3.39. The molecule has 0 aliphatic carbocycles. The average molecular weight is 493 g/mol. The van der Waals surface area contributed by atoms with E-state index in [1.54, 1.807) is 18.2 Å². The van der Waals surface area contributed by atoms with E-state index in [1.807, 2.05) is 25.1 Å². The number of aromatic nitrogens is 1. The highest BCUT2D eigenvalue weighted by atomic mass is 16.5. The predicted molar refractivity (Wildman–Crippen MR) is 141 cm³/mol. The summed E-state index contributed by atoms with van der Waals surface area (Å²) in [6.07, 6.45) is 4.42. The Labute approximate surface area is 213 Å². The fourth-order valence-electron chi connectivity index (χ4n) is 5.57. The minimum absolute atomic E-state index is 0.0111. The Morgan fingerprint density at radius 2 is 1.89 bits per heavy atom. The molecular weight excluding hydrogens is 456 g/mol. The van der Waals surface area contributed by atoms with Gasteiger partial charge in [-0.05, 0) is 68.6 Å².